The molecule has 2 fully saturated rings. The van der Waals surface area contributed by atoms with Crippen LogP contribution in [0.4, 0.5) is 24.5 Å². The van der Waals surface area contributed by atoms with Crippen LogP contribution in [0.3, 0.4) is 0 Å². The number of amides is 1. The summed E-state index contributed by atoms with van der Waals surface area (Å²) < 4.78 is 67.2. The van der Waals surface area contributed by atoms with Gasteiger partial charge in [0.2, 0.25) is 10.0 Å². The average Bonchev–Trinajstić information content (AvgIpc) is 3.34. The van der Waals surface area contributed by atoms with E-state index >= 15 is 0 Å². The number of piperidine rings is 1. The van der Waals surface area contributed by atoms with E-state index < -0.39 is 27.7 Å². The van der Waals surface area contributed by atoms with Crippen molar-refractivity contribution in [3.05, 3.63) is 53.6 Å². The predicted molar refractivity (Wildman–Crippen MR) is 120 cm³/mol. The van der Waals surface area contributed by atoms with Crippen LogP contribution in [0, 0.1) is 0 Å². The number of carbonyl (C=O) groups excluding carboxylic acids is 1. The van der Waals surface area contributed by atoms with Crippen molar-refractivity contribution in [1.82, 2.24) is 4.31 Å². The summed E-state index contributed by atoms with van der Waals surface area (Å²) in [5.74, 6) is -0.662. The molecule has 0 saturated carbocycles. The number of carbonyl (C=O) groups is 1. The minimum absolute atomic E-state index is 0.000795. The molecule has 6 nitrogen and oxygen atoms in total. The first kappa shape index (κ1) is 23.6. The summed E-state index contributed by atoms with van der Waals surface area (Å²) in [6, 6.07) is 8.95. The van der Waals surface area contributed by atoms with Crippen molar-refractivity contribution >= 4 is 27.3 Å². The SMILES string of the molecule is O=C(Nc1cc(C(F)(F)F)ccc1N1CCCC1)c1cccc(S(=O)(=O)N2CCCCC2)c1. The van der Waals surface area contributed by atoms with Crippen molar-refractivity contribution in [2.75, 3.05) is 36.4 Å². The third kappa shape index (κ3) is 5.16. The van der Waals surface area contributed by atoms with E-state index in [0.29, 0.717) is 31.9 Å². The molecule has 2 aliphatic rings. The molecule has 10 heteroatoms. The fraction of sp³-hybridized carbons (Fsp3) is 0.435. The van der Waals surface area contributed by atoms with E-state index in [0.717, 1.165) is 44.2 Å². The summed E-state index contributed by atoms with van der Waals surface area (Å²) in [6.45, 7) is 2.25. The number of alkyl halides is 3. The van der Waals surface area contributed by atoms with E-state index in [1.165, 1.54) is 34.6 Å². The molecule has 2 aliphatic heterocycles. The van der Waals surface area contributed by atoms with Crippen LogP contribution in [0.25, 0.3) is 0 Å². The predicted octanol–water partition coefficient (Wildman–Crippen LogP) is 4.73. The summed E-state index contributed by atoms with van der Waals surface area (Å²) >= 11 is 0. The molecule has 0 aliphatic carbocycles. The Kier molecular flexibility index (Phi) is 6.67. The molecule has 33 heavy (non-hydrogen) atoms. The van der Waals surface area contributed by atoms with Crippen LogP contribution in [0.2, 0.25) is 0 Å². The van der Waals surface area contributed by atoms with Gasteiger partial charge in [0.1, 0.15) is 0 Å². The number of hydrogen-bond acceptors (Lipinski definition) is 4. The smallest absolute Gasteiger partial charge is 0.370 e. The zero-order chi connectivity index (χ0) is 23.6. The van der Waals surface area contributed by atoms with Crippen molar-refractivity contribution in [3.8, 4) is 0 Å². The van der Waals surface area contributed by atoms with Crippen LogP contribution < -0.4 is 10.2 Å². The molecular formula is C23H26F3N3O3S. The van der Waals surface area contributed by atoms with E-state index in [2.05, 4.69) is 5.32 Å². The molecule has 0 bridgehead atoms. The second-order valence-electron chi connectivity index (χ2n) is 8.37. The minimum Gasteiger partial charge on any atom is -0.370 e. The highest BCUT2D eigenvalue weighted by molar-refractivity contribution is 7.89. The molecule has 1 amide bonds. The number of hydrogen-bond donors (Lipinski definition) is 1. The molecule has 0 atom stereocenters. The Morgan fingerprint density at radius 2 is 1.55 bits per heavy atom. The van der Waals surface area contributed by atoms with Gasteiger partial charge in [0.25, 0.3) is 5.91 Å². The Morgan fingerprint density at radius 1 is 0.879 bits per heavy atom. The van der Waals surface area contributed by atoms with Gasteiger partial charge in [0.05, 0.1) is 21.8 Å². The molecule has 0 radical (unpaired) electrons. The quantitative estimate of drug-likeness (QED) is 0.670. The summed E-state index contributed by atoms with van der Waals surface area (Å²) in [7, 11) is -3.74. The van der Waals surface area contributed by atoms with Gasteiger partial charge >= 0.3 is 6.18 Å². The fourth-order valence-electron chi connectivity index (χ4n) is 4.29. The fourth-order valence-corrected chi connectivity index (χ4v) is 5.86. The van der Waals surface area contributed by atoms with E-state index in [1.807, 2.05) is 4.90 Å². The molecule has 0 spiro atoms. The molecular weight excluding hydrogens is 455 g/mol. The Morgan fingerprint density at radius 3 is 2.21 bits per heavy atom. The van der Waals surface area contributed by atoms with Crippen LogP contribution in [0.15, 0.2) is 47.4 Å². The first-order valence-electron chi connectivity index (χ1n) is 11.0. The lowest BCUT2D eigenvalue weighted by Gasteiger charge is -2.26. The van der Waals surface area contributed by atoms with Gasteiger partial charge < -0.3 is 10.2 Å². The van der Waals surface area contributed by atoms with Crippen molar-refractivity contribution in [1.29, 1.82) is 0 Å². The largest absolute Gasteiger partial charge is 0.416 e. The van der Waals surface area contributed by atoms with Gasteiger partial charge in [-0.2, -0.15) is 17.5 Å². The average molecular weight is 482 g/mol. The van der Waals surface area contributed by atoms with Crippen LogP contribution in [-0.4, -0.2) is 44.8 Å². The standard InChI is InChI=1S/C23H26F3N3O3S/c24-23(25,26)18-9-10-21(28-11-4-5-12-28)20(16-18)27-22(30)17-7-6-8-19(15-17)33(31,32)29-13-2-1-3-14-29/h6-10,15-16H,1-5,11-14H2,(H,27,30). The second-order valence-corrected chi connectivity index (χ2v) is 10.3. The maximum absolute atomic E-state index is 13.3. The maximum atomic E-state index is 13.3. The molecule has 2 aromatic rings. The van der Waals surface area contributed by atoms with Crippen molar-refractivity contribution in [3.63, 3.8) is 0 Å². The van der Waals surface area contributed by atoms with Crippen molar-refractivity contribution < 1.29 is 26.4 Å². The molecule has 0 unspecified atom stereocenters. The minimum atomic E-state index is -4.55. The molecule has 1 N–H and O–H groups in total. The molecule has 178 valence electrons. The van der Waals surface area contributed by atoms with Crippen molar-refractivity contribution in [2.45, 2.75) is 43.2 Å². The second kappa shape index (κ2) is 9.34. The molecule has 2 aromatic carbocycles. The number of sulfonamides is 1. The topological polar surface area (TPSA) is 69.7 Å². The Hall–Kier alpha value is -2.59. The maximum Gasteiger partial charge on any atom is 0.416 e. The van der Waals surface area contributed by atoms with Crippen LogP contribution in [0.5, 0.6) is 0 Å². The van der Waals surface area contributed by atoms with Crippen LogP contribution >= 0.6 is 0 Å². The summed E-state index contributed by atoms with van der Waals surface area (Å²) in [4.78, 5) is 14.9. The van der Waals surface area contributed by atoms with E-state index in [1.54, 1.807) is 0 Å². The van der Waals surface area contributed by atoms with E-state index in [4.69, 9.17) is 0 Å². The summed E-state index contributed by atoms with van der Waals surface area (Å²) in [5, 5.41) is 2.59. The number of nitrogens with one attached hydrogen (secondary N) is 1. The lowest BCUT2D eigenvalue weighted by atomic mass is 10.1. The lowest BCUT2D eigenvalue weighted by Crippen LogP contribution is -2.35. The van der Waals surface area contributed by atoms with Gasteiger partial charge in [-0.3, -0.25) is 4.79 Å². The van der Waals surface area contributed by atoms with Gasteiger partial charge in [0, 0.05) is 31.7 Å². The normalized spacial score (nSPS) is 17.8. The third-order valence-electron chi connectivity index (χ3n) is 6.07. The molecule has 4 rings (SSSR count). The Labute approximate surface area is 191 Å². The number of nitrogens with zero attached hydrogens (tertiary/aromatic N) is 2. The third-order valence-corrected chi connectivity index (χ3v) is 7.96. The number of benzene rings is 2. The first-order valence-corrected chi connectivity index (χ1v) is 12.5. The number of anilines is 2. The Bertz CT molecular complexity index is 1120. The monoisotopic (exact) mass is 481 g/mol. The van der Waals surface area contributed by atoms with E-state index in [-0.39, 0.29) is 16.1 Å². The highest BCUT2D eigenvalue weighted by atomic mass is 32.2. The molecule has 2 heterocycles. The molecule has 2 saturated heterocycles. The van der Waals surface area contributed by atoms with Gasteiger partial charge in [-0.15, -0.1) is 0 Å². The first-order chi connectivity index (χ1) is 15.7. The van der Waals surface area contributed by atoms with Gasteiger partial charge in [-0.1, -0.05) is 12.5 Å². The summed E-state index contributed by atoms with van der Waals surface area (Å²) in [5.41, 5.74) is -0.216. The zero-order valence-corrected chi connectivity index (χ0v) is 18.9. The van der Waals surface area contributed by atoms with Gasteiger partial charge in [0.15, 0.2) is 0 Å². The van der Waals surface area contributed by atoms with Crippen LogP contribution in [-0.2, 0) is 16.2 Å². The highest BCUT2D eigenvalue weighted by Gasteiger charge is 2.32. The van der Waals surface area contributed by atoms with Gasteiger partial charge in [-0.25, -0.2) is 8.42 Å². The number of halogens is 3. The zero-order valence-electron chi connectivity index (χ0n) is 18.1. The van der Waals surface area contributed by atoms with E-state index in [9.17, 15) is 26.4 Å². The summed E-state index contributed by atoms with van der Waals surface area (Å²) in [6.07, 6.45) is -0.158. The molecule has 0 aromatic heterocycles. The van der Waals surface area contributed by atoms with Gasteiger partial charge in [-0.05, 0) is 62.1 Å². The van der Waals surface area contributed by atoms with Crippen LogP contribution in [0.1, 0.15) is 48.0 Å². The van der Waals surface area contributed by atoms with Crippen molar-refractivity contribution in [2.24, 2.45) is 0 Å². The lowest BCUT2D eigenvalue weighted by molar-refractivity contribution is -0.137. The highest BCUT2D eigenvalue weighted by Crippen LogP contribution is 2.36. The number of rotatable bonds is 5. The Balaban J connectivity index is 1.62.